The maximum atomic E-state index is 12.4. The number of nitrogens with one attached hydrogen (secondary N) is 1. The van der Waals surface area contributed by atoms with E-state index in [0.717, 1.165) is 41.7 Å². The fourth-order valence-corrected chi connectivity index (χ4v) is 4.53. The van der Waals surface area contributed by atoms with Gasteiger partial charge in [-0.05, 0) is 55.0 Å². The zero-order valence-corrected chi connectivity index (χ0v) is 17.0. The van der Waals surface area contributed by atoms with Gasteiger partial charge in [0, 0.05) is 11.0 Å². The van der Waals surface area contributed by atoms with Crippen LogP contribution in [0.4, 0.5) is 5.00 Å². The van der Waals surface area contributed by atoms with Gasteiger partial charge < -0.3 is 19.5 Å². The predicted molar refractivity (Wildman–Crippen MR) is 110 cm³/mol. The standard InChI is InChI=1S/C21H23NO5S/c1-25-15-10-8-13(12-16(15)26-2)9-11-18(23)22-20-19(21(24)27-3)14-6-4-5-7-17(14)28-20/h8-12H,4-7H2,1-3H3,(H,22,23). The van der Waals surface area contributed by atoms with Gasteiger partial charge in [-0.3, -0.25) is 4.79 Å². The minimum absolute atomic E-state index is 0.307. The first kappa shape index (κ1) is 19.9. The maximum Gasteiger partial charge on any atom is 0.341 e. The summed E-state index contributed by atoms with van der Waals surface area (Å²) in [5.74, 6) is 0.497. The Hall–Kier alpha value is -2.80. The van der Waals surface area contributed by atoms with Crippen LogP contribution in [0.1, 0.15) is 39.2 Å². The van der Waals surface area contributed by atoms with Crippen LogP contribution in [-0.4, -0.2) is 33.2 Å². The largest absolute Gasteiger partial charge is 0.493 e. The van der Waals surface area contributed by atoms with E-state index in [0.29, 0.717) is 22.1 Å². The number of aryl methyl sites for hydroxylation is 1. The molecule has 1 aliphatic rings. The zero-order valence-electron chi connectivity index (χ0n) is 16.2. The SMILES string of the molecule is COC(=O)c1c(NC(=O)C=Cc2ccc(OC)c(OC)c2)sc2c1CCCC2. The molecule has 1 aromatic carbocycles. The molecule has 0 saturated heterocycles. The number of carbonyl (C=O) groups is 2. The molecule has 7 heteroatoms. The Balaban J connectivity index is 1.79. The Morgan fingerprint density at radius 2 is 1.82 bits per heavy atom. The number of rotatable bonds is 6. The number of fused-ring (bicyclic) bond motifs is 1. The van der Waals surface area contributed by atoms with Crippen LogP contribution < -0.4 is 14.8 Å². The third kappa shape index (κ3) is 4.20. The highest BCUT2D eigenvalue weighted by molar-refractivity contribution is 7.17. The Kier molecular flexibility index (Phi) is 6.36. The fourth-order valence-electron chi connectivity index (χ4n) is 3.25. The van der Waals surface area contributed by atoms with E-state index in [4.69, 9.17) is 14.2 Å². The molecule has 0 saturated carbocycles. The number of hydrogen-bond acceptors (Lipinski definition) is 6. The van der Waals surface area contributed by atoms with E-state index in [1.807, 2.05) is 6.07 Å². The first-order chi connectivity index (χ1) is 13.6. The lowest BCUT2D eigenvalue weighted by molar-refractivity contribution is -0.111. The molecule has 0 radical (unpaired) electrons. The van der Waals surface area contributed by atoms with Crippen molar-refractivity contribution in [2.45, 2.75) is 25.7 Å². The molecule has 0 aliphatic heterocycles. The van der Waals surface area contributed by atoms with Crippen molar-refractivity contribution in [3.63, 3.8) is 0 Å². The van der Waals surface area contributed by atoms with E-state index in [-0.39, 0.29) is 5.91 Å². The molecule has 0 bridgehead atoms. The third-order valence-corrected chi connectivity index (χ3v) is 5.84. The summed E-state index contributed by atoms with van der Waals surface area (Å²) >= 11 is 1.46. The lowest BCUT2D eigenvalue weighted by atomic mass is 9.95. The number of anilines is 1. The average molecular weight is 401 g/mol. The highest BCUT2D eigenvalue weighted by Crippen LogP contribution is 2.38. The van der Waals surface area contributed by atoms with Gasteiger partial charge in [0.25, 0.3) is 0 Å². The van der Waals surface area contributed by atoms with Crippen molar-refractivity contribution < 1.29 is 23.8 Å². The number of benzene rings is 1. The Labute approximate surface area is 168 Å². The van der Waals surface area contributed by atoms with E-state index in [2.05, 4.69) is 5.32 Å². The maximum absolute atomic E-state index is 12.4. The molecular formula is C21H23NO5S. The van der Waals surface area contributed by atoms with Crippen molar-refractivity contribution in [1.29, 1.82) is 0 Å². The van der Waals surface area contributed by atoms with Gasteiger partial charge in [-0.15, -0.1) is 11.3 Å². The minimum atomic E-state index is -0.404. The minimum Gasteiger partial charge on any atom is -0.493 e. The van der Waals surface area contributed by atoms with Crippen LogP contribution in [0, 0.1) is 0 Å². The average Bonchev–Trinajstić information content (AvgIpc) is 3.09. The van der Waals surface area contributed by atoms with Gasteiger partial charge in [0.1, 0.15) is 5.00 Å². The number of esters is 1. The number of ether oxygens (including phenoxy) is 3. The molecule has 2 aromatic rings. The van der Waals surface area contributed by atoms with Gasteiger partial charge in [-0.1, -0.05) is 6.07 Å². The molecule has 1 amide bonds. The number of hydrogen-bond donors (Lipinski definition) is 1. The topological polar surface area (TPSA) is 73.9 Å². The monoisotopic (exact) mass is 401 g/mol. The van der Waals surface area contributed by atoms with Crippen LogP contribution in [0.5, 0.6) is 11.5 Å². The number of methoxy groups -OCH3 is 3. The van der Waals surface area contributed by atoms with Crippen LogP contribution in [0.15, 0.2) is 24.3 Å². The van der Waals surface area contributed by atoms with Crippen LogP contribution in [0.3, 0.4) is 0 Å². The fraction of sp³-hybridized carbons (Fsp3) is 0.333. The molecule has 1 aliphatic carbocycles. The van der Waals surface area contributed by atoms with Gasteiger partial charge in [0.2, 0.25) is 5.91 Å². The molecule has 3 rings (SSSR count). The Morgan fingerprint density at radius 3 is 2.54 bits per heavy atom. The van der Waals surface area contributed by atoms with E-state index >= 15 is 0 Å². The molecular weight excluding hydrogens is 378 g/mol. The van der Waals surface area contributed by atoms with Crippen molar-refractivity contribution in [3.05, 3.63) is 45.8 Å². The van der Waals surface area contributed by atoms with Crippen LogP contribution >= 0.6 is 11.3 Å². The van der Waals surface area contributed by atoms with Crippen molar-refractivity contribution in [2.75, 3.05) is 26.6 Å². The number of carbonyl (C=O) groups excluding carboxylic acids is 2. The molecule has 6 nitrogen and oxygen atoms in total. The second-order valence-corrected chi connectivity index (χ2v) is 7.45. The molecule has 1 heterocycles. The summed E-state index contributed by atoms with van der Waals surface area (Å²) < 4.78 is 15.4. The molecule has 28 heavy (non-hydrogen) atoms. The van der Waals surface area contributed by atoms with Gasteiger partial charge in [-0.2, -0.15) is 0 Å². The lowest BCUT2D eigenvalue weighted by Crippen LogP contribution is -2.13. The van der Waals surface area contributed by atoms with Gasteiger partial charge >= 0.3 is 5.97 Å². The number of thiophene rings is 1. The van der Waals surface area contributed by atoms with E-state index in [9.17, 15) is 9.59 Å². The third-order valence-electron chi connectivity index (χ3n) is 4.63. The van der Waals surface area contributed by atoms with Gasteiger partial charge in [0.05, 0.1) is 26.9 Å². The normalized spacial score (nSPS) is 13.1. The van der Waals surface area contributed by atoms with Crippen LogP contribution in [0.2, 0.25) is 0 Å². The summed E-state index contributed by atoms with van der Waals surface area (Å²) in [6.07, 6.45) is 7.03. The molecule has 1 N–H and O–H groups in total. The first-order valence-electron chi connectivity index (χ1n) is 9.01. The molecule has 0 spiro atoms. The second-order valence-electron chi connectivity index (χ2n) is 6.34. The molecule has 0 unspecified atom stereocenters. The molecule has 148 valence electrons. The van der Waals surface area contributed by atoms with Gasteiger partial charge in [0.15, 0.2) is 11.5 Å². The van der Waals surface area contributed by atoms with Crippen molar-refractivity contribution >= 4 is 34.3 Å². The lowest BCUT2D eigenvalue weighted by Gasteiger charge is -2.11. The predicted octanol–water partition coefficient (Wildman–Crippen LogP) is 4.08. The first-order valence-corrected chi connectivity index (χ1v) is 9.83. The molecule has 0 fully saturated rings. The van der Waals surface area contributed by atoms with Crippen LogP contribution in [0.25, 0.3) is 6.08 Å². The molecule has 0 atom stereocenters. The Morgan fingerprint density at radius 1 is 1.07 bits per heavy atom. The summed E-state index contributed by atoms with van der Waals surface area (Å²) in [5.41, 5.74) is 2.31. The zero-order chi connectivity index (χ0) is 20.1. The molecule has 1 aromatic heterocycles. The Bertz CT molecular complexity index is 916. The van der Waals surface area contributed by atoms with Crippen LogP contribution in [-0.2, 0) is 22.4 Å². The van der Waals surface area contributed by atoms with Gasteiger partial charge in [-0.25, -0.2) is 4.79 Å². The van der Waals surface area contributed by atoms with Crippen molar-refractivity contribution in [2.24, 2.45) is 0 Å². The van der Waals surface area contributed by atoms with E-state index in [1.54, 1.807) is 32.4 Å². The highest BCUT2D eigenvalue weighted by atomic mass is 32.1. The van der Waals surface area contributed by atoms with Crippen molar-refractivity contribution in [3.8, 4) is 11.5 Å². The second kappa shape index (κ2) is 8.93. The van der Waals surface area contributed by atoms with E-state index < -0.39 is 5.97 Å². The number of amides is 1. The summed E-state index contributed by atoms with van der Waals surface area (Å²) in [4.78, 5) is 25.8. The van der Waals surface area contributed by atoms with E-state index in [1.165, 1.54) is 24.5 Å². The highest BCUT2D eigenvalue weighted by Gasteiger charge is 2.26. The summed E-state index contributed by atoms with van der Waals surface area (Å²) in [7, 11) is 4.49. The summed E-state index contributed by atoms with van der Waals surface area (Å²) in [6, 6.07) is 5.39. The van der Waals surface area contributed by atoms with Crippen molar-refractivity contribution in [1.82, 2.24) is 0 Å². The smallest absolute Gasteiger partial charge is 0.341 e. The summed E-state index contributed by atoms with van der Waals surface area (Å²) in [5, 5.41) is 3.40. The summed E-state index contributed by atoms with van der Waals surface area (Å²) in [6.45, 7) is 0. The quantitative estimate of drug-likeness (QED) is 0.583.